The fourth-order valence-electron chi connectivity index (χ4n) is 6.51. The van der Waals surface area contributed by atoms with Crippen LogP contribution < -0.4 is 0 Å². The SMILES string of the molecule is O=C(CCN1C(=O)[C@@H]2[C@H](C1=O)C1(Cl)c3ccccc3C2(Cl)c2ccccc21)O[C@@H](CCCl)C(=O)c1ccc(Cl)cc1. The quantitative estimate of drug-likeness (QED) is 0.131. The molecule has 6 nitrogen and oxygen atoms in total. The first-order chi connectivity index (χ1) is 19.6. The van der Waals surface area contributed by atoms with Gasteiger partial charge in [0.25, 0.3) is 0 Å². The number of carbonyl (C=O) groups excluding carboxylic acids is 4. The molecule has 1 saturated heterocycles. The normalized spacial score (nSPS) is 26.3. The van der Waals surface area contributed by atoms with Crippen molar-refractivity contribution in [1.29, 1.82) is 0 Å². The van der Waals surface area contributed by atoms with Gasteiger partial charge in [-0.2, -0.15) is 0 Å². The molecule has 0 aromatic heterocycles. The van der Waals surface area contributed by atoms with Crippen LogP contribution in [0, 0.1) is 11.8 Å². The lowest BCUT2D eigenvalue weighted by molar-refractivity contribution is -0.148. The predicted molar refractivity (Wildman–Crippen MR) is 155 cm³/mol. The van der Waals surface area contributed by atoms with Crippen LogP contribution in [0.25, 0.3) is 0 Å². The first kappa shape index (κ1) is 28.2. The molecule has 41 heavy (non-hydrogen) atoms. The maximum atomic E-state index is 13.9. The highest BCUT2D eigenvalue weighted by molar-refractivity contribution is 6.36. The Labute approximate surface area is 256 Å². The van der Waals surface area contributed by atoms with E-state index in [2.05, 4.69) is 0 Å². The minimum atomic E-state index is -1.30. The predicted octanol–water partition coefficient (Wildman–Crippen LogP) is 6.05. The molecule has 1 fully saturated rings. The number of halogens is 4. The van der Waals surface area contributed by atoms with Crippen molar-refractivity contribution in [2.45, 2.75) is 28.7 Å². The highest BCUT2D eigenvalue weighted by atomic mass is 35.5. The molecular weight excluding hydrogens is 608 g/mol. The molecule has 3 aromatic rings. The van der Waals surface area contributed by atoms with Crippen molar-refractivity contribution in [2.75, 3.05) is 12.4 Å². The monoisotopic (exact) mass is 629 g/mol. The molecule has 4 aliphatic rings. The number of benzene rings is 3. The van der Waals surface area contributed by atoms with Crippen LogP contribution in [0.3, 0.4) is 0 Å². The lowest BCUT2D eigenvalue weighted by Gasteiger charge is -2.54. The lowest BCUT2D eigenvalue weighted by Crippen LogP contribution is -2.57. The van der Waals surface area contributed by atoms with Crippen LogP contribution in [0.15, 0.2) is 72.8 Å². The van der Waals surface area contributed by atoms with Gasteiger partial charge in [0, 0.05) is 29.4 Å². The molecule has 7 rings (SSSR count). The van der Waals surface area contributed by atoms with Crippen molar-refractivity contribution in [3.63, 3.8) is 0 Å². The first-order valence-corrected chi connectivity index (χ1v) is 14.8. The standard InChI is InChI=1S/C31H23Cl4NO5/c32-15-13-23(27(38)17-9-11-18(33)12-10-17)41-24(37)14-16-36-28(39)25-26(29(36)40)31(35)20-6-2-1-5-19(20)30(25,34)21-7-3-4-8-22(21)31/h1-12,23,25-26H,13-16H2/t23-,25-,26+,30?,31?/m0/s1. The molecule has 0 N–H and O–H groups in total. The Morgan fingerprint density at radius 2 is 1.27 bits per heavy atom. The van der Waals surface area contributed by atoms with Gasteiger partial charge in [0.15, 0.2) is 6.10 Å². The molecule has 3 atom stereocenters. The van der Waals surface area contributed by atoms with Crippen molar-refractivity contribution in [1.82, 2.24) is 4.90 Å². The zero-order valence-electron chi connectivity index (χ0n) is 21.5. The minimum Gasteiger partial charge on any atom is -0.454 e. The lowest BCUT2D eigenvalue weighted by atomic mass is 9.54. The number of imide groups is 1. The van der Waals surface area contributed by atoms with E-state index in [1.165, 1.54) is 12.1 Å². The summed E-state index contributed by atoms with van der Waals surface area (Å²) >= 11 is 26.6. The topological polar surface area (TPSA) is 80.8 Å². The van der Waals surface area contributed by atoms with E-state index in [4.69, 9.17) is 51.1 Å². The summed E-state index contributed by atoms with van der Waals surface area (Å²) in [4.78, 5) is 52.1. The van der Waals surface area contributed by atoms with Crippen LogP contribution in [-0.4, -0.2) is 47.0 Å². The zero-order valence-corrected chi connectivity index (χ0v) is 24.5. The number of ether oxygens (including phenoxy) is 1. The van der Waals surface area contributed by atoms with Gasteiger partial charge in [-0.05, 0) is 46.5 Å². The summed E-state index contributed by atoms with van der Waals surface area (Å²) in [5.74, 6) is -3.97. The average molecular weight is 631 g/mol. The number of hydrogen-bond acceptors (Lipinski definition) is 5. The van der Waals surface area contributed by atoms with E-state index in [1.54, 1.807) is 12.1 Å². The van der Waals surface area contributed by atoms with Crippen molar-refractivity contribution in [3.8, 4) is 0 Å². The third-order valence-corrected chi connectivity index (χ3v) is 10.0. The second kappa shape index (κ2) is 10.4. The molecule has 2 bridgehead atoms. The summed E-state index contributed by atoms with van der Waals surface area (Å²) in [6.45, 7) is -0.237. The van der Waals surface area contributed by atoms with Gasteiger partial charge in [0.05, 0.1) is 18.3 Å². The number of hydrogen-bond donors (Lipinski definition) is 0. The van der Waals surface area contributed by atoms with Crippen LogP contribution in [0.4, 0.5) is 0 Å². The van der Waals surface area contributed by atoms with Gasteiger partial charge in [-0.15, -0.1) is 34.8 Å². The van der Waals surface area contributed by atoms with Crippen LogP contribution in [-0.2, 0) is 28.9 Å². The van der Waals surface area contributed by atoms with E-state index in [9.17, 15) is 19.2 Å². The Morgan fingerprint density at radius 1 is 0.805 bits per heavy atom. The second-order valence-electron chi connectivity index (χ2n) is 10.4. The number of amides is 2. The van der Waals surface area contributed by atoms with E-state index in [-0.39, 0.29) is 25.3 Å². The molecule has 1 aliphatic heterocycles. The van der Waals surface area contributed by atoms with Crippen molar-refractivity contribution >= 4 is 70.0 Å². The van der Waals surface area contributed by atoms with E-state index < -0.39 is 51.3 Å². The molecule has 210 valence electrons. The molecule has 1 heterocycles. The Balaban J connectivity index is 1.25. The summed E-state index contributed by atoms with van der Waals surface area (Å²) in [5.41, 5.74) is 3.11. The molecule has 0 unspecified atom stereocenters. The van der Waals surface area contributed by atoms with E-state index in [0.717, 1.165) is 4.90 Å². The smallest absolute Gasteiger partial charge is 0.308 e. The Bertz CT molecular complexity index is 1470. The minimum absolute atomic E-state index is 0.0838. The molecule has 3 aliphatic carbocycles. The summed E-state index contributed by atoms with van der Waals surface area (Å²) in [6, 6.07) is 20.9. The van der Waals surface area contributed by atoms with Gasteiger partial charge < -0.3 is 4.74 Å². The van der Waals surface area contributed by atoms with Crippen LogP contribution in [0.1, 0.15) is 45.5 Å². The molecular formula is C31H23Cl4NO5. The first-order valence-electron chi connectivity index (χ1n) is 13.1. The van der Waals surface area contributed by atoms with Gasteiger partial charge in [-0.25, -0.2) is 0 Å². The van der Waals surface area contributed by atoms with Gasteiger partial charge in [0.2, 0.25) is 17.6 Å². The number of nitrogens with zero attached hydrogens (tertiary/aromatic N) is 1. The number of carbonyl (C=O) groups is 4. The number of alkyl halides is 3. The molecule has 3 aromatic carbocycles. The number of rotatable bonds is 8. The van der Waals surface area contributed by atoms with Gasteiger partial charge in [-0.3, -0.25) is 24.1 Å². The Hall–Kier alpha value is -2.90. The molecule has 0 saturated carbocycles. The molecule has 10 heteroatoms. The van der Waals surface area contributed by atoms with E-state index in [0.29, 0.717) is 32.8 Å². The van der Waals surface area contributed by atoms with Crippen LogP contribution in [0.2, 0.25) is 5.02 Å². The van der Waals surface area contributed by atoms with Gasteiger partial charge in [-0.1, -0.05) is 60.1 Å². The zero-order chi connectivity index (χ0) is 29.1. The van der Waals surface area contributed by atoms with E-state index in [1.807, 2.05) is 48.5 Å². The van der Waals surface area contributed by atoms with Crippen LogP contribution in [0.5, 0.6) is 0 Å². The highest BCUT2D eigenvalue weighted by Crippen LogP contribution is 2.69. The fraction of sp³-hybridized carbons (Fsp3) is 0.290. The molecule has 0 spiro atoms. The Kier molecular flexibility index (Phi) is 7.18. The van der Waals surface area contributed by atoms with Gasteiger partial charge >= 0.3 is 5.97 Å². The molecule has 2 amide bonds. The third-order valence-electron chi connectivity index (χ3n) is 8.28. The summed E-state index contributed by atoms with van der Waals surface area (Å²) < 4.78 is 5.47. The maximum absolute atomic E-state index is 13.9. The summed E-state index contributed by atoms with van der Waals surface area (Å²) in [7, 11) is 0. The summed E-state index contributed by atoms with van der Waals surface area (Å²) in [5, 5.41) is 0.463. The van der Waals surface area contributed by atoms with Crippen molar-refractivity contribution in [2.24, 2.45) is 11.8 Å². The average Bonchev–Trinajstić information content (AvgIpc) is 3.24. The maximum Gasteiger partial charge on any atom is 0.308 e. The number of ketones is 1. The van der Waals surface area contributed by atoms with E-state index >= 15 is 0 Å². The Morgan fingerprint density at radius 3 is 1.71 bits per heavy atom. The fourth-order valence-corrected chi connectivity index (χ4v) is 7.93. The number of Topliss-reactive ketones (excluding diaryl/α,β-unsaturated/α-hetero) is 1. The number of esters is 1. The second-order valence-corrected chi connectivity index (χ2v) is 12.4. The van der Waals surface area contributed by atoms with Crippen molar-refractivity contribution in [3.05, 3.63) is 106 Å². The largest absolute Gasteiger partial charge is 0.454 e. The molecule has 0 radical (unpaired) electrons. The van der Waals surface area contributed by atoms with Crippen LogP contribution >= 0.6 is 46.4 Å². The highest BCUT2D eigenvalue weighted by Gasteiger charge is 2.72. The third kappa shape index (κ3) is 4.14. The number of likely N-dealkylation sites (tertiary alicyclic amines) is 1. The van der Waals surface area contributed by atoms with Crippen molar-refractivity contribution < 1.29 is 23.9 Å². The van der Waals surface area contributed by atoms with Gasteiger partial charge in [0.1, 0.15) is 9.75 Å². The summed E-state index contributed by atoms with van der Waals surface area (Å²) in [6.07, 6.45) is -1.33.